The highest BCUT2D eigenvalue weighted by atomic mass is 35.5. The van der Waals surface area contributed by atoms with Crippen molar-refractivity contribution in [2.75, 3.05) is 5.32 Å². The van der Waals surface area contributed by atoms with Crippen molar-refractivity contribution in [1.29, 1.82) is 5.41 Å². The maximum atomic E-state index is 12.7. The number of halogens is 1. The van der Waals surface area contributed by atoms with Crippen molar-refractivity contribution >= 4 is 50.3 Å². The van der Waals surface area contributed by atoms with Gasteiger partial charge in [-0.25, -0.2) is 22.9 Å². The van der Waals surface area contributed by atoms with Gasteiger partial charge in [0.25, 0.3) is 0 Å². The molecule has 3 rings (SSSR count). The molecule has 158 valence electrons. The van der Waals surface area contributed by atoms with Crippen LogP contribution in [0.4, 0.5) is 10.6 Å². The quantitative estimate of drug-likeness (QED) is 0.308. The minimum absolute atomic E-state index is 0.0262. The Labute approximate surface area is 172 Å². The zero-order valence-electron chi connectivity index (χ0n) is 15.4. The number of fused-ring (bicyclic) bond motifs is 1. The first kappa shape index (κ1) is 22.7. The number of carboxylic acid groups (broad SMARTS) is 2. The Balaban J connectivity index is 0.000000687. The van der Waals surface area contributed by atoms with Gasteiger partial charge >= 0.3 is 6.16 Å². The van der Waals surface area contributed by atoms with E-state index >= 15 is 0 Å². The summed E-state index contributed by atoms with van der Waals surface area (Å²) in [4.78, 5) is 12.8. The molecule has 0 bridgehead atoms. The average Bonchev–Trinajstić information content (AvgIpc) is 2.63. The fourth-order valence-electron chi connectivity index (χ4n) is 3.09. The van der Waals surface area contributed by atoms with Crippen LogP contribution in [0.2, 0.25) is 5.02 Å². The van der Waals surface area contributed by atoms with Gasteiger partial charge in [0, 0.05) is 23.0 Å². The number of benzene rings is 1. The minimum atomic E-state index is -3.64. The molecule has 0 atom stereocenters. The molecule has 1 saturated carbocycles. The van der Waals surface area contributed by atoms with Crippen molar-refractivity contribution in [1.82, 2.24) is 9.71 Å². The predicted octanol–water partition coefficient (Wildman–Crippen LogP) is 3.03. The van der Waals surface area contributed by atoms with Gasteiger partial charge < -0.3 is 21.3 Å². The summed E-state index contributed by atoms with van der Waals surface area (Å²) in [7, 11) is -3.64. The number of nitrogens with two attached hydrogens (primary N) is 1. The summed E-state index contributed by atoms with van der Waals surface area (Å²) in [5.74, 6) is 0.00586. The molecule has 0 saturated heterocycles. The number of anilines is 1. The van der Waals surface area contributed by atoms with Gasteiger partial charge in [0.2, 0.25) is 10.0 Å². The number of nitrogens with one attached hydrogen (secondary N) is 3. The lowest BCUT2D eigenvalue weighted by molar-refractivity contribution is 0.137. The molecular weight excluding hydrogens is 422 g/mol. The number of hydrogen-bond acceptors (Lipinski definition) is 5. The van der Waals surface area contributed by atoms with Crippen molar-refractivity contribution in [2.24, 2.45) is 5.73 Å². The Morgan fingerprint density at radius 3 is 2.41 bits per heavy atom. The molecule has 12 heteroatoms. The second-order valence-corrected chi connectivity index (χ2v) is 8.56. The van der Waals surface area contributed by atoms with Crippen LogP contribution < -0.4 is 15.8 Å². The molecule has 7 N–H and O–H groups in total. The lowest BCUT2D eigenvalue weighted by atomic mass is 9.96. The summed E-state index contributed by atoms with van der Waals surface area (Å²) in [5.41, 5.74) is 5.37. The van der Waals surface area contributed by atoms with Crippen LogP contribution in [0.25, 0.3) is 10.8 Å². The normalized spacial score (nSPS) is 14.7. The lowest BCUT2D eigenvalue weighted by Crippen LogP contribution is -2.36. The number of carbonyl (C=O) groups is 1. The van der Waals surface area contributed by atoms with Crippen LogP contribution in [0.15, 0.2) is 29.3 Å². The van der Waals surface area contributed by atoms with E-state index in [9.17, 15) is 8.42 Å². The number of sulfonamides is 1. The Hall–Kier alpha value is -2.63. The molecule has 2 aromatic rings. The molecule has 0 radical (unpaired) electrons. The van der Waals surface area contributed by atoms with E-state index in [0.717, 1.165) is 32.1 Å². The van der Waals surface area contributed by atoms with Crippen LogP contribution in [-0.2, 0) is 10.0 Å². The van der Waals surface area contributed by atoms with Crippen LogP contribution >= 0.6 is 11.6 Å². The van der Waals surface area contributed by atoms with Gasteiger partial charge in [0.05, 0.1) is 9.92 Å². The van der Waals surface area contributed by atoms with E-state index in [2.05, 4.69) is 15.0 Å². The maximum Gasteiger partial charge on any atom is 0.503 e. The van der Waals surface area contributed by atoms with Gasteiger partial charge in [-0.15, -0.1) is 0 Å². The summed E-state index contributed by atoms with van der Waals surface area (Å²) in [6, 6.07) is 4.64. The second kappa shape index (κ2) is 9.72. The molecule has 0 amide bonds. The third kappa shape index (κ3) is 6.44. The standard InChI is InChI=1S/C16H20ClN5O2S.CH2O3/c17-14-9-20-15(21-16(18)19)13-8-11(6-7-12(13)14)25(23,24)22-10-4-2-1-3-5-10;2-1(3)4/h6-10,22H,1-5H2,(H4,18,19,20,21);(H2,2,3,4). The van der Waals surface area contributed by atoms with E-state index in [4.69, 9.17) is 37.8 Å². The molecule has 0 unspecified atom stereocenters. The second-order valence-electron chi connectivity index (χ2n) is 6.44. The molecule has 1 fully saturated rings. The third-order valence-electron chi connectivity index (χ3n) is 4.30. The number of aromatic nitrogens is 1. The van der Waals surface area contributed by atoms with Gasteiger partial charge in [0.1, 0.15) is 5.82 Å². The third-order valence-corrected chi connectivity index (χ3v) is 6.12. The highest BCUT2D eigenvalue weighted by molar-refractivity contribution is 7.89. The number of hydrogen-bond donors (Lipinski definition) is 6. The summed E-state index contributed by atoms with van der Waals surface area (Å²) in [6.07, 6.45) is 4.55. The molecule has 0 spiro atoms. The Morgan fingerprint density at radius 1 is 1.21 bits per heavy atom. The van der Waals surface area contributed by atoms with E-state index in [1.54, 1.807) is 6.07 Å². The van der Waals surface area contributed by atoms with Crippen LogP contribution in [0.5, 0.6) is 0 Å². The first-order chi connectivity index (χ1) is 13.6. The fraction of sp³-hybridized carbons (Fsp3) is 0.353. The molecule has 1 aromatic heterocycles. The Morgan fingerprint density at radius 2 is 1.83 bits per heavy atom. The minimum Gasteiger partial charge on any atom is -0.450 e. The van der Waals surface area contributed by atoms with Gasteiger partial charge in [-0.05, 0) is 25.0 Å². The van der Waals surface area contributed by atoms with Crippen molar-refractivity contribution in [3.05, 3.63) is 29.4 Å². The van der Waals surface area contributed by atoms with Crippen molar-refractivity contribution < 1.29 is 23.4 Å². The first-order valence-corrected chi connectivity index (χ1v) is 10.6. The molecule has 1 aliphatic carbocycles. The van der Waals surface area contributed by atoms with Crippen LogP contribution in [0.1, 0.15) is 32.1 Å². The van der Waals surface area contributed by atoms with E-state index in [0.29, 0.717) is 21.6 Å². The molecule has 1 aliphatic rings. The van der Waals surface area contributed by atoms with Gasteiger partial charge in [-0.3, -0.25) is 5.41 Å². The largest absolute Gasteiger partial charge is 0.503 e. The molecule has 1 aromatic carbocycles. The average molecular weight is 444 g/mol. The summed E-state index contributed by atoms with van der Waals surface area (Å²) >= 11 is 6.15. The summed E-state index contributed by atoms with van der Waals surface area (Å²) in [5, 5.41) is 25.5. The lowest BCUT2D eigenvalue weighted by Gasteiger charge is -2.22. The van der Waals surface area contributed by atoms with Crippen LogP contribution in [0.3, 0.4) is 0 Å². The zero-order chi connectivity index (χ0) is 21.6. The number of rotatable bonds is 4. The number of nitrogens with zero attached hydrogens (tertiary/aromatic N) is 1. The first-order valence-electron chi connectivity index (χ1n) is 8.73. The number of guanidine groups is 1. The highest BCUT2D eigenvalue weighted by Gasteiger charge is 2.22. The van der Waals surface area contributed by atoms with Gasteiger partial charge in [-0.2, -0.15) is 0 Å². The van der Waals surface area contributed by atoms with E-state index in [1.807, 2.05) is 0 Å². The smallest absolute Gasteiger partial charge is 0.450 e. The van der Waals surface area contributed by atoms with E-state index < -0.39 is 16.2 Å². The SMILES string of the molecule is N=C(N)Nc1ncc(Cl)c2ccc(S(=O)(=O)NC3CCCCC3)cc12.O=C(O)O. The van der Waals surface area contributed by atoms with Crippen molar-refractivity contribution in [3.8, 4) is 0 Å². The Bertz CT molecular complexity index is 1000. The maximum absolute atomic E-state index is 12.7. The van der Waals surface area contributed by atoms with Crippen molar-refractivity contribution in [3.63, 3.8) is 0 Å². The predicted molar refractivity (Wildman–Crippen MR) is 110 cm³/mol. The monoisotopic (exact) mass is 443 g/mol. The fourth-order valence-corrected chi connectivity index (χ4v) is 4.63. The summed E-state index contributed by atoms with van der Waals surface area (Å²) in [6.45, 7) is 0. The highest BCUT2D eigenvalue weighted by Crippen LogP contribution is 2.30. The number of pyridine rings is 1. The molecule has 0 aliphatic heterocycles. The molecular formula is C17H22ClN5O5S. The van der Waals surface area contributed by atoms with Crippen LogP contribution in [0, 0.1) is 5.41 Å². The van der Waals surface area contributed by atoms with Crippen LogP contribution in [-0.4, -0.2) is 41.8 Å². The van der Waals surface area contributed by atoms with E-state index in [1.165, 1.54) is 18.3 Å². The summed E-state index contributed by atoms with van der Waals surface area (Å²) < 4.78 is 28.2. The zero-order valence-corrected chi connectivity index (χ0v) is 16.9. The van der Waals surface area contributed by atoms with Crippen molar-refractivity contribution in [2.45, 2.75) is 43.0 Å². The topological polar surface area (TPSA) is 178 Å². The molecule has 1 heterocycles. The Kier molecular flexibility index (Phi) is 7.59. The van der Waals surface area contributed by atoms with Gasteiger partial charge in [-0.1, -0.05) is 36.9 Å². The molecule has 29 heavy (non-hydrogen) atoms. The van der Waals surface area contributed by atoms with E-state index in [-0.39, 0.29) is 16.9 Å². The van der Waals surface area contributed by atoms with Gasteiger partial charge in [0.15, 0.2) is 5.96 Å². The molecule has 10 nitrogen and oxygen atoms in total.